The fraction of sp³-hybridized carbons (Fsp3) is 0.0339. The monoisotopic (exact) mass is 882 g/mol. The van der Waals surface area contributed by atoms with E-state index in [1.165, 1.54) is 50.5 Å². The molecule has 0 saturated carbocycles. The molecule has 0 unspecified atom stereocenters. The van der Waals surface area contributed by atoms with Crippen molar-refractivity contribution in [3.05, 3.63) is 242 Å². The van der Waals surface area contributed by atoms with Crippen LogP contribution in [0.4, 0.5) is 0 Å². The summed E-state index contributed by atoms with van der Waals surface area (Å²) in [6.07, 6.45) is 0. The van der Waals surface area contributed by atoms with E-state index in [-0.39, 0.29) is 0 Å². The third kappa shape index (κ3) is 6.84. The Hall–Kier alpha value is -7.67. The molecule has 9 aromatic carbocycles. The molecule has 5 heteroatoms. The number of nitrogens with zero attached hydrogens (tertiary/aromatic N) is 4. The fourth-order valence-corrected chi connectivity index (χ4v) is 20.1. The van der Waals surface area contributed by atoms with Crippen molar-refractivity contribution in [2.75, 3.05) is 0 Å². The molecule has 0 bridgehead atoms. The summed E-state index contributed by atoms with van der Waals surface area (Å²) in [5.41, 5.74) is 10.9. The zero-order chi connectivity index (χ0) is 43.0. The first kappa shape index (κ1) is 39.2. The van der Waals surface area contributed by atoms with Gasteiger partial charge in [-0.15, -0.1) is 0 Å². The molecule has 0 aliphatic heterocycles. The summed E-state index contributed by atoms with van der Waals surface area (Å²) in [6, 6.07) is 83.7. The molecule has 304 valence electrons. The summed E-state index contributed by atoms with van der Waals surface area (Å²) in [7, 11) is 0. The van der Waals surface area contributed by atoms with Gasteiger partial charge in [-0.25, -0.2) is 0 Å². The van der Waals surface area contributed by atoms with Crippen LogP contribution in [-0.4, -0.2) is 32.8 Å². The Bertz CT molecular complexity index is 3230. The molecule has 0 amide bonds. The van der Waals surface area contributed by atoms with Crippen molar-refractivity contribution in [1.29, 1.82) is 0 Å². The van der Waals surface area contributed by atoms with E-state index in [0.29, 0.717) is 17.5 Å². The van der Waals surface area contributed by atoms with Crippen LogP contribution in [0.5, 0.6) is 0 Å². The van der Waals surface area contributed by atoms with Gasteiger partial charge in [-0.1, -0.05) is 0 Å². The Morgan fingerprint density at radius 1 is 0.344 bits per heavy atom. The Labute approximate surface area is 376 Å². The Morgan fingerprint density at radius 2 is 0.766 bits per heavy atom. The number of hydrogen-bond acceptors (Lipinski definition) is 3. The van der Waals surface area contributed by atoms with Gasteiger partial charge in [0.05, 0.1) is 0 Å². The Balaban J connectivity index is 1.26. The van der Waals surface area contributed by atoms with E-state index in [0.717, 1.165) is 33.5 Å². The van der Waals surface area contributed by atoms with E-state index in [1.54, 1.807) is 0 Å². The molecule has 64 heavy (non-hydrogen) atoms. The van der Waals surface area contributed by atoms with Crippen molar-refractivity contribution in [3.63, 3.8) is 0 Å². The average Bonchev–Trinajstić information content (AvgIpc) is 3.68. The van der Waals surface area contributed by atoms with E-state index >= 15 is 0 Å². The van der Waals surface area contributed by atoms with E-state index in [2.05, 4.69) is 213 Å². The SMILES string of the molecule is Cc1ccc2c(c1)c1cc(C)ccc1n2-c1ccc(-c2nc(-c3ccccc3)nc(-c3ccccc3)n2)c(-c2cccc[c]2[Ge]([c]2ccccc2)([c]2ccccc2)[c]2ccccc2)c1. The van der Waals surface area contributed by atoms with Crippen LogP contribution in [0.1, 0.15) is 11.1 Å². The molecule has 0 aliphatic carbocycles. The van der Waals surface area contributed by atoms with Crippen LogP contribution in [0, 0.1) is 13.8 Å². The summed E-state index contributed by atoms with van der Waals surface area (Å²) >= 11 is -3.83. The molecule has 0 fully saturated rings. The molecule has 0 N–H and O–H groups in total. The quantitative estimate of drug-likeness (QED) is 0.136. The molecule has 0 atom stereocenters. The van der Waals surface area contributed by atoms with Crippen molar-refractivity contribution >= 4 is 52.7 Å². The number of rotatable bonds is 9. The number of fused-ring (bicyclic) bond motifs is 3. The predicted octanol–water partition coefficient (Wildman–Crippen LogP) is 11.6. The van der Waals surface area contributed by atoms with Crippen LogP contribution in [0.25, 0.3) is 72.8 Å². The molecular formula is C59H44GeN4. The van der Waals surface area contributed by atoms with Gasteiger partial charge in [-0.05, 0) is 0 Å². The minimum absolute atomic E-state index is 0.620. The third-order valence-corrected chi connectivity index (χ3v) is 22.7. The topological polar surface area (TPSA) is 43.6 Å². The molecule has 4 nitrogen and oxygen atoms in total. The van der Waals surface area contributed by atoms with Crippen LogP contribution in [0.15, 0.2) is 231 Å². The maximum atomic E-state index is 5.35. The zero-order valence-electron chi connectivity index (χ0n) is 35.7. The Morgan fingerprint density at radius 3 is 1.25 bits per heavy atom. The predicted molar refractivity (Wildman–Crippen MR) is 269 cm³/mol. The number of aromatic nitrogens is 4. The first-order valence-corrected chi connectivity index (χ1v) is 26.1. The van der Waals surface area contributed by atoms with Crippen molar-refractivity contribution in [1.82, 2.24) is 19.5 Å². The fourth-order valence-electron chi connectivity index (χ4n) is 9.62. The zero-order valence-corrected chi connectivity index (χ0v) is 37.8. The van der Waals surface area contributed by atoms with Crippen LogP contribution < -0.4 is 17.6 Å². The molecule has 2 aromatic heterocycles. The Kier molecular flexibility index (Phi) is 10.1. The van der Waals surface area contributed by atoms with Crippen LogP contribution in [0.3, 0.4) is 0 Å². The standard InChI is InChI=1S/C59H44GeN4/c1-41-32-36-55-52(38-41)53-39-42(2)33-37-56(53)64(55)48-34-35-50(59-62-57(43-20-8-3-9-21-43)61-58(63-59)44-22-10-4-11-23-44)51(40-48)49-30-18-19-31-54(49)60(45-24-12-5-13-25-45,46-26-14-6-15-27-46)47-28-16-7-17-29-47/h3-40H,1-2H3. The van der Waals surface area contributed by atoms with Crippen molar-refractivity contribution in [3.8, 4) is 51.0 Å². The second-order valence-corrected chi connectivity index (χ2v) is 24.4. The second kappa shape index (κ2) is 16.6. The molecule has 2 heterocycles. The molecule has 0 spiro atoms. The normalized spacial score (nSPS) is 11.6. The summed E-state index contributed by atoms with van der Waals surface area (Å²) in [5, 5.41) is 2.49. The van der Waals surface area contributed by atoms with Gasteiger partial charge in [0.2, 0.25) is 0 Å². The van der Waals surface area contributed by atoms with E-state index < -0.39 is 13.3 Å². The van der Waals surface area contributed by atoms with Crippen LogP contribution >= 0.6 is 0 Å². The summed E-state index contributed by atoms with van der Waals surface area (Å²) in [6.45, 7) is 4.35. The summed E-state index contributed by atoms with van der Waals surface area (Å²) in [4.78, 5) is 15.8. The molecule has 0 saturated heterocycles. The molecule has 11 rings (SSSR count). The van der Waals surface area contributed by atoms with Crippen molar-refractivity contribution in [2.24, 2.45) is 0 Å². The number of aryl methyl sites for hydroxylation is 2. The molecule has 0 radical (unpaired) electrons. The molecular weight excluding hydrogens is 837 g/mol. The van der Waals surface area contributed by atoms with Gasteiger partial charge in [0.1, 0.15) is 0 Å². The van der Waals surface area contributed by atoms with Crippen LogP contribution in [0.2, 0.25) is 0 Å². The maximum absolute atomic E-state index is 5.35. The minimum atomic E-state index is -3.83. The first-order chi connectivity index (χ1) is 31.6. The molecule has 0 aliphatic rings. The number of benzene rings is 9. The van der Waals surface area contributed by atoms with Gasteiger partial charge in [-0.2, -0.15) is 0 Å². The third-order valence-electron chi connectivity index (χ3n) is 12.5. The van der Waals surface area contributed by atoms with E-state index in [4.69, 9.17) is 15.0 Å². The number of hydrogen-bond donors (Lipinski definition) is 0. The second-order valence-electron chi connectivity index (χ2n) is 16.5. The van der Waals surface area contributed by atoms with Gasteiger partial charge in [0, 0.05) is 0 Å². The van der Waals surface area contributed by atoms with Crippen molar-refractivity contribution < 1.29 is 0 Å². The van der Waals surface area contributed by atoms with Gasteiger partial charge >= 0.3 is 379 Å². The van der Waals surface area contributed by atoms with Gasteiger partial charge in [0.15, 0.2) is 0 Å². The van der Waals surface area contributed by atoms with E-state index in [9.17, 15) is 0 Å². The average molecular weight is 882 g/mol. The molecule has 11 aromatic rings. The van der Waals surface area contributed by atoms with Crippen LogP contribution in [-0.2, 0) is 0 Å². The van der Waals surface area contributed by atoms with Gasteiger partial charge in [-0.3, -0.25) is 0 Å². The first-order valence-electron chi connectivity index (χ1n) is 21.9. The summed E-state index contributed by atoms with van der Waals surface area (Å²) < 4.78 is 7.83. The van der Waals surface area contributed by atoms with Crippen molar-refractivity contribution in [2.45, 2.75) is 13.8 Å². The van der Waals surface area contributed by atoms with Gasteiger partial charge in [0.25, 0.3) is 0 Å². The van der Waals surface area contributed by atoms with E-state index in [1.807, 2.05) is 36.4 Å². The summed E-state index contributed by atoms with van der Waals surface area (Å²) in [5.74, 6) is 1.88. The van der Waals surface area contributed by atoms with Gasteiger partial charge < -0.3 is 0 Å².